The molecule has 1 aliphatic carbocycles. The van der Waals surface area contributed by atoms with E-state index in [-0.39, 0.29) is 35.4 Å². The molecule has 2 bridgehead atoms. The Hall–Kier alpha value is -1.55. The van der Waals surface area contributed by atoms with Crippen molar-refractivity contribution >= 4 is 6.03 Å². The third kappa shape index (κ3) is 2.49. The summed E-state index contributed by atoms with van der Waals surface area (Å²) in [5, 5.41) is 9.52. The van der Waals surface area contributed by atoms with Crippen LogP contribution in [0.4, 0.5) is 4.79 Å². The third-order valence-corrected chi connectivity index (χ3v) is 7.80. The van der Waals surface area contributed by atoms with Crippen molar-refractivity contribution in [1.82, 2.24) is 9.80 Å². The van der Waals surface area contributed by atoms with Gasteiger partial charge >= 0.3 is 6.03 Å². The molecule has 3 aliphatic rings. The van der Waals surface area contributed by atoms with Crippen molar-refractivity contribution in [3.8, 4) is 0 Å². The number of carbonyl (C=O) groups excluding carboxylic acids is 1. The number of aliphatic hydroxyl groups excluding tert-OH is 1. The SMILES string of the molecule is CC12CCN(C(=O)N3CCC[C@H](CO)C3)[C@H](Cc3ccccc31)C2(C)C. The van der Waals surface area contributed by atoms with E-state index in [2.05, 4.69) is 49.9 Å². The van der Waals surface area contributed by atoms with E-state index in [0.29, 0.717) is 6.54 Å². The zero-order chi connectivity index (χ0) is 18.5. The fraction of sp³-hybridized carbons (Fsp3) is 0.682. The number of carbonyl (C=O) groups is 1. The largest absolute Gasteiger partial charge is 0.396 e. The summed E-state index contributed by atoms with van der Waals surface area (Å²) in [6.07, 6.45) is 3.98. The first-order chi connectivity index (χ1) is 12.4. The minimum absolute atomic E-state index is 0.0431. The van der Waals surface area contributed by atoms with Crippen LogP contribution < -0.4 is 0 Å². The van der Waals surface area contributed by atoms with Crippen molar-refractivity contribution in [2.24, 2.45) is 11.3 Å². The lowest BCUT2D eigenvalue weighted by atomic mass is 9.51. The minimum Gasteiger partial charge on any atom is -0.396 e. The highest BCUT2D eigenvalue weighted by Crippen LogP contribution is 2.56. The fourth-order valence-electron chi connectivity index (χ4n) is 5.67. The van der Waals surface area contributed by atoms with Crippen LogP contribution in [-0.4, -0.2) is 53.2 Å². The average Bonchev–Trinajstić information content (AvgIpc) is 2.64. The summed E-state index contributed by atoms with van der Waals surface area (Å²) >= 11 is 0. The van der Waals surface area contributed by atoms with Crippen molar-refractivity contribution < 1.29 is 9.90 Å². The Morgan fingerprint density at radius 2 is 2.00 bits per heavy atom. The zero-order valence-electron chi connectivity index (χ0n) is 16.4. The van der Waals surface area contributed by atoms with E-state index in [4.69, 9.17) is 0 Å². The number of likely N-dealkylation sites (tertiary alicyclic amines) is 2. The number of nitrogens with zero attached hydrogens (tertiary/aromatic N) is 2. The number of hydrogen-bond acceptors (Lipinski definition) is 2. The van der Waals surface area contributed by atoms with Crippen LogP contribution in [-0.2, 0) is 11.8 Å². The molecule has 26 heavy (non-hydrogen) atoms. The number of hydrogen-bond donors (Lipinski definition) is 1. The maximum atomic E-state index is 13.4. The van der Waals surface area contributed by atoms with Gasteiger partial charge in [0.2, 0.25) is 0 Å². The fourth-order valence-corrected chi connectivity index (χ4v) is 5.67. The predicted octanol–water partition coefficient (Wildman–Crippen LogP) is 3.43. The van der Waals surface area contributed by atoms with Gasteiger partial charge in [-0.15, -0.1) is 0 Å². The Balaban J connectivity index is 1.64. The smallest absolute Gasteiger partial charge is 0.320 e. The molecule has 4 heteroatoms. The van der Waals surface area contributed by atoms with Crippen LogP contribution in [0.3, 0.4) is 0 Å². The molecule has 142 valence electrons. The minimum atomic E-state index is 0.0431. The monoisotopic (exact) mass is 356 g/mol. The van der Waals surface area contributed by atoms with E-state index in [0.717, 1.165) is 38.8 Å². The number of urea groups is 1. The summed E-state index contributed by atoms with van der Waals surface area (Å²) < 4.78 is 0. The first kappa shape index (κ1) is 17.8. The second kappa shape index (κ2) is 6.26. The van der Waals surface area contributed by atoms with Crippen LogP contribution in [0.1, 0.15) is 51.2 Å². The molecule has 4 nitrogen and oxygen atoms in total. The maximum Gasteiger partial charge on any atom is 0.320 e. The maximum absolute atomic E-state index is 13.4. The van der Waals surface area contributed by atoms with Gasteiger partial charge in [0.25, 0.3) is 0 Å². The summed E-state index contributed by atoms with van der Waals surface area (Å²) in [6, 6.07) is 9.23. The lowest BCUT2D eigenvalue weighted by Gasteiger charge is -2.61. The predicted molar refractivity (Wildman–Crippen MR) is 103 cm³/mol. The van der Waals surface area contributed by atoms with Crippen molar-refractivity contribution in [3.05, 3.63) is 35.4 Å². The number of rotatable bonds is 1. The van der Waals surface area contributed by atoms with Gasteiger partial charge in [0.05, 0.1) is 0 Å². The van der Waals surface area contributed by atoms with Crippen LogP contribution in [0.25, 0.3) is 0 Å². The van der Waals surface area contributed by atoms with Crippen LogP contribution in [0, 0.1) is 11.3 Å². The van der Waals surface area contributed by atoms with Crippen molar-refractivity contribution in [1.29, 1.82) is 0 Å². The number of fused-ring (bicyclic) bond motifs is 4. The molecule has 0 aromatic heterocycles. The molecule has 1 aromatic carbocycles. The van der Waals surface area contributed by atoms with E-state index >= 15 is 0 Å². The van der Waals surface area contributed by atoms with Crippen LogP contribution in [0.5, 0.6) is 0 Å². The molecule has 2 fully saturated rings. The summed E-state index contributed by atoms with van der Waals surface area (Å²) in [4.78, 5) is 17.5. The van der Waals surface area contributed by atoms with E-state index in [1.165, 1.54) is 11.1 Å². The van der Waals surface area contributed by atoms with Gasteiger partial charge in [-0.2, -0.15) is 0 Å². The van der Waals surface area contributed by atoms with Gasteiger partial charge in [-0.05, 0) is 48.1 Å². The molecule has 0 saturated carbocycles. The highest BCUT2D eigenvalue weighted by Gasteiger charge is 2.57. The highest BCUT2D eigenvalue weighted by atomic mass is 16.3. The van der Waals surface area contributed by atoms with Gasteiger partial charge in [0.1, 0.15) is 0 Å². The van der Waals surface area contributed by atoms with E-state index < -0.39 is 0 Å². The Morgan fingerprint density at radius 3 is 2.77 bits per heavy atom. The molecular weight excluding hydrogens is 324 g/mol. The molecular formula is C22H32N2O2. The molecule has 2 heterocycles. The second-order valence-corrected chi connectivity index (χ2v) is 9.29. The first-order valence-corrected chi connectivity index (χ1v) is 10.1. The van der Waals surface area contributed by atoms with Gasteiger partial charge in [-0.3, -0.25) is 0 Å². The topological polar surface area (TPSA) is 43.8 Å². The summed E-state index contributed by atoms with van der Waals surface area (Å²) in [7, 11) is 0. The molecule has 2 aliphatic heterocycles. The number of benzene rings is 1. The Morgan fingerprint density at radius 1 is 1.23 bits per heavy atom. The zero-order valence-corrected chi connectivity index (χ0v) is 16.4. The van der Waals surface area contributed by atoms with Gasteiger partial charge in [0, 0.05) is 37.7 Å². The van der Waals surface area contributed by atoms with Gasteiger partial charge in [-0.1, -0.05) is 45.0 Å². The normalized spacial score (nSPS) is 32.9. The number of amides is 2. The molecule has 1 N–H and O–H groups in total. The van der Waals surface area contributed by atoms with Gasteiger partial charge in [0.15, 0.2) is 0 Å². The molecule has 0 radical (unpaired) electrons. The van der Waals surface area contributed by atoms with Crippen molar-refractivity contribution in [3.63, 3.8) is 0 Å². The Labute approximate surface area is 157 Å². The van der Waals surface area contributed by atoms with Gasteiger partial charge in [-0.25, -0.2) is 4.79 Å². The molecule has 2 saturated heterocycles. The van der Waals surface area contributed by atoms with E-state index in [9.17, 15) is 9.90 Å². The quantitative estimate of drug-likeness (QED) is 0.838. The van der Waals surface area contributed by atoms with E-state index in [1.54, 1.807) is 0 Å². The summed E-state index contributed by atoms with van der Waals surface area (Å²) in [5.74, 6) is 0.239. The molecule has 1 aromatic rings. The molecule has 4 rings (SSSR count). The number of aliphatic hydroxyl groups is 1. The molecule has 1 unspecified atom stereocenters. The van der Waals surface area contributed by atoms with E-state index in [1.807, 2.05) is 4.90 Å². The lowest BCUT2D eigenvalue weighted by Crippen LogP contribution is -2.66. The van der Waals surface area contributed by atoms with Crippen LogP contribution in [0.15, 0.2) is 24.3 Å². The second-order valence-electron chi connectivity index (χ2n) is 9.29. The average molecular weight is 357 g/mol. The number of piperidine rings is 2. The third-order valence-electron chi connectivity index (χ3n) is 7.80. The molecule has 3 atom stereocenters. The highest BCUT2D eigenvalue weighted by molar-refractivity contribution is 5.75. The van der Waals surface area contributed by atoms with Crippen LogP contribution in [0.2, 0.25) is 0 Å². The summed E-state index contributed by atoms with van der Waals surface area (Å²) in [6.45, 7) is 9.63. The van der Waals surface area contributed by atoms with Crippen LogP contribution >= 0.6 is 0 Å². The van der Waals surface area contributed by atoms with Gasteiger partial charge < -0.3 is 14.9 Å². The summed E-state index contributed by atoms with van der Waals surface area (Å²) in [5.41, 5.74) is 3.04. The molecule has 2 amide bonds. The molecule has 0 spiro atoms. The first-order valence-electron chi connectivity index (χ1n) is 10.1. The van der Waals surface area contributed by atoms with Crippen molar-refractivity contribution in [2.75, 3.05) is 26.2 Å². The Kier molecular flexibility index (Phi) is 4.30. The Bertz CT molecular complexity index is 701. The standard InChI is InChI=1S/C22H32N2O2/c1-21(2)19-13-17-8-4-5-9-18(17)22(21,3)10-12-24(19)20(26)23-11-6-7-16(14-23)15-25/h4-5,8-9,16,19,25H,6-7,10-15H2,1-3H3/t16-,19+,22?/m0/s1. The van der Waals surface area contributed by atoms with Crippen molar-refractivity contribution in [2.45, 2.75) is 57.9 Å². The lowest BCUT2D eigenvalue weighted by molar-refractivity contribution is -0.0262.